The molecule has 1 fully saturated rings. The first-order chi connectivity index (χ1) is 6.02. The summed E-state index contributed by atoms with van der Waals surface area (Å²) in [5.41, 5.74) is 15.7. The lowest BCUT2D eigenvalue weighted by molar-refractivity contribution is -0.139. The van der Waals surface area contributed by atoms with Gasteiger partial charge in [0.25, 0.3) is 0 Å². The summed E-state index contributed by atoms with van der Waals surface area (Å²) in [5, 5.41) is 8.58. The number of aliphatic imine (C=N–C) groups is 1. The van der Waals surface area contributed by atoms with Crippen molar-refractivity contribution in [2.24, 2.45) is 34.0 Å². The van der Waals surface area contributed by atoms with Crippen molar-refractivity contribution in [1.29, 1.82) is 0 Å². The summed E-state index contributed by atoms with van der Waals surface area (Å²) in [6, 6.07) is -0.779. The van der Waals surface area contributed by atoms with E-state index in [2.05, 4.69) is 4.99 Å². The second-order valence-electron chi connectivity index (χ2n) is 3.29. The quantitative estimate of drug-likeness (QED) is 0.386. The van der Waals surface area contributed by atoms with E-state index in [0.717, 1.165) is 6.42 Å². The topological polar surface area (TPSA) is 128 Å². The SMILES string of the molecule is Cl.Cl.NC(N)=NC[C@@H]1C[C@H]1[C@H](N)C(=O)O. The van der Waals surface area contributed by atoms with E-state index in [4.69, 9.17) is 22.3 Å². The minimum absolute atomic E-state index is 0. The van der Waals surface area contributed by atoms with Crippen LogP contribution in [0.15, 0.2) is 4.99 Å². The number of rotatable bonds is 4. The number of aliphatic carboxylic acids is 1. The highest BCUT2D eigenvalue weighted by Crippen LogP contribution is 2.40. The Morgan fingerprint density at radius 3 is 2.40 bits per heavy atom. The summed E-state index contributed by atoms with van der Waals surface area (Å²) in [5.74, 6) is -0.666. The number of hydrogen-bond donors (Lipinski definition) is 4. The molecule has 0 radical (unpaired) electrons. The molecule has 1 saturated carbocycles. The molecule has 0 aromatic rings. The highest BCUT2D eigenvalue weighted by Gasteiger charge is 2.44. The minimum atomic E-state index is -0.961. The number of carbonyl (C=O) groups is 1. The van der Waals surface area contributed by atoms with Crippen molar-refractivity contribution >= 4 is 36.7 Å². The zero-order chi connectivity index (χ0) is 10.0. The largest absolute Gasteiger partial charge is 0.480 e. The lowest BCUT2D eigenvalue weighted by atomic mass is 10.1. The van der Waals surface area contributed by atoms with Gasteiger partial charge in [-0.1, -0.05) is 0 Å². The van der Waals surface area contributed by atoms with Gasteiger partial charge in [0, 0.05) is 6.54 Å². The van der Waals surface area contributed by atoms with Crippen molar-refractivity contribution in [2.45, 2.75) is 12.5 Å². The summed E-state index contributed by atoms with van der Waals surface area (Å²) < 4.78 is 0. The maximum atomic E-state index is 10.5. The molecule has 0 aromatic carbocycles. The van der Waals surface area contributed by atoms with Crippen molar-refractivity contribution in [2.75, 3.05) is 6.54 Å². The van der Waals surface area contributed by atoms with Gasteiger partial charge >= 0.3 is 5.97 Å². The lowest BCUT2D eigenvalue weighted by Crippen LogP contribution is -2.33. The molecule has 8 heteroatoms. The van der Waals surface area contributed by atoms with Crippen LogP contribution in [0.5, 0.6) is 0 Å². The van der Waals surface area contributed by atoms with E-state index in [1.165, 1.54) is 0 Å². The van der Waals surface area contributed by atoms with E-state index < -0.39 is 12.0 Å². The van der Waals surface area contributed by atoms with E-state index in [-0.39, 0.29) is 42.6 Å². The second kappa shape index (κ2) is 6.71. The van der Waals surface area contributed by atoms with Crippen molar-refractivity contribution in [3.63, 3.8) is 0 Å². The Labute approximate surface area is 100 Å². The van der Waals surface area contributed by atoms with Crippen LogP contribution >= 0.6 is 24.8 Å². The molecule has 0 spiro atoms. The van der Waals surface area contributed by atoms with Crippen LogP contribution in [0.1, 0.15) is 6.42 Å². The van der Waals surface area contributed by atoms with Crippen molar-refractivity contribution in [1.82, 2.24) is 0 Å². The van der Waals surface area contributed by atoms with Crippen LogP contribution in [0.25, 0.3) is 0 Å². The molecule has 0 aliphatic heterocycles. The molecule has 3 atom stereocenters. The summed E-state index contributed by atoms with van der Waals surface area (Å²) in [6.07, 6.45) is 0.796. The molecule has 1 rings (SSSR count). The molecule has 0 aromatic heterocycles. The summed E-state index contributed by atoms with van der Waals surface area (Å²) in [6.45, 7) is 0.480. The second-order valence-corrected chi connectivity index (χ2v) is 3.29. The van der Waals surface area contributed by atoms with Gasteiger partial charge in [-0.05, 0) is 18.3 Å². The highest BCUT2D eigenvalue weighted by molar-refractivity contribution is 5.85. The van der Waals surface area contributed by atoms with Gasteiger partial charge in [-0.3, -0.25) is 9.79 Å². The molecule has 0 heterocycles. The molecule has 6 nitrogen and oxygen atoms in total. The van der Waals surface area contributed by atoms with Gasteiger partial charge in [0.15, 0.2) is 5.96 Å². The van der Waals surface area contributed by atoms with Crippen LogP contribution in [0, 0.1) is 11.8 Å². The molecule has 7 N–H and O–H groups in total. The molecule has 0 bridgehead atoms. The van der Waals surface area contributed by atoms with E-state index >= 15 is 0 Å². The average molecular weight is 259 g/mol. The van der Waals surface area contributed by atoms with Gasteiger partial charge < -0.3 is 22.3 Å². The maximum Gasteiger partial charge on any atom is 0.320 e. The number of nitrogens with two attached hydrogens (primary N) is 3. The fraction of sp³-hybridized carbons (Fsp3) is 0.714. The Balaban J connectivity index is 0. The van der Waals surface area contributed by atoms with Crippen LogP contribution in [0.3, 0.4) is 0 Å². The summed E-state index contributed by atoms with van der Waals surface area (Å²) in [4.78, 5) is 14.3. The first-order valence-corrected chi connectivity index (χ1v) is 4.06. The van der Waals surface area contributed by atoms with Gasteiger partial charge in [-0.15, -0.1) is 24.8 Å². The van der Waals surface area contributed by atoms with Gasteiger partial charge in [-0.25, -0.2) is 0 Å². The van der Waals surface area contributed by atoms with Gasteiger partial charge in [0.1, 0.15) is 6.04 Å². The van der Waals surface area contributed by atoms with E-state index in [0.29, 0.717) is 6.54 Å². The van der Waals surface area contributed by atoms with Crippen molar-refractivity contribution < 1.29 is 9.90 Å². The van der Waals surface area contributed by atoms with Gasteiger partial charge in [-0.2, -0.15) is 0 Å². The Kier molecular flexibility index (Phi) is 7.47. The minimum Gasteiger partial charge on any atom is -0.480 e. The van der Waals surface area contributed by atoms with Crippen LogP contribution in [0.4, 0.5) is 0 Å². The first kappa shape index (κ1) is 16.7. The van der Waals surface area contributed by atoms with E-state index in [1.54, 1.807) is 0 Å². The van der Waals surface area contributed by atoms with Crippen molar-refractivity contribution in [3.05, 3.63) is 0 Å². The molecule has 0 saturated heterocycles. The standard InChI is InChI=1S/C7H14N4O2.2ClH/c8-5(6(12)13)4-1-3(4)2-11-7(9)10;;/h3-5H,1-2,8H2,(H,12,13)(H4,9,10,11);2*1H/t3-,4+,5-;;/m0../s1. The predicted octanol–water partition coefficient (Wildman–Crippen LogP) is -0.849. The third-order valence-corrected chi connectivity index (χ3v) is 2.23. The molecule has 1 aliphatic rings. The third kappa shape index (κ3) is 5.06. The lowest BCUT2D eigenvalue weighted by Gasteiger charge is -2.03. The maximum absolute atomic E-state index is 10.5. The molecule has 90 valence electrons. The molecule has 0 amide bonds. The van der Waals surface area contributed by atoms with E-state index in [9.17, 15) is 4.79 Å². The third-order valence-electron chi connectivity index (χ3n) is 2.23. The number of halogens is 2. The first-order valence-electron chi connectivity index (χ1n) is 4.06. The number of guanidine groups is 1. The molecule has 15 heavy (non-hydrogen) atoms. The average Bonchev–Trinajstić information content (AvgIpc) is 2.78. The highest BCUT2D eigenvalue weighted by atomic mass is 35.5. The number of carboxylic acid groups (broad SMARTS) is 1. The van der Waals surface area contributed by atoms with Crippen molar-refractivity contribution in [3.8, 4) is 0 Å². The Bertz CT molecular complexity index is 245. The number of nitrogens with zero attached hydrogens (tertiary/aromatic N) is 1. The molecule has 0 unspecified atom stereocenters. The Morgan fingerprint density at radius 2 is 2.00 bits per heavy atom. The number of hydrogen-bond acceptors (Lipinski definition) is 3. The number of carboxylic acids is 1. The molecular formula is C7H16Cl2N4O2. The van der Waals surface area contributed by atoms with Crippen LogP contribution in [-0.4, -0.2) is 29.6 Å². The normalized spacial score (nSPS) is 24.1. The zero-order valence-corrected chi connectivity index (χ0v) is 9.63. The van der Waals surface area contributed by atoms with Gasteiger partial charge in [0.2, 0.25) is 0 Å². The summed E-state index contributed by atoms with van der Waals surface area (Å²) in [7, 11) is 0. The molecule has 1 aliphatic carbocycles. The Hall–Kier alpha value is -0.720. The molecular weight excluding hydrogens is 243 g/mol. The zero-order valence-electron chi connectivity index (χ0n) is 8.00. The van der Waals surface area contributed by atoms with E-state index in [1.807, 2.05) is 0 Å². The van der Waals surface area contributed by atoms with Crippen LogP contribution in [0.2, 0.25) is 0 Å². The monoisotopic (exact) mass is 258 g/mol. The fourth-order valence-corrected chi connectivity index (χ4v) is 1.33. The predicted molar refractivity (Wildman–Crippen MR) is 62.4 cm³/mol. The van der Waals surface area contributed by atoms with Gasteiger partial charge in [0.05, 0.1) is 0 Å². The van der Waals surface area contributed by atoms with Crippen LogP contribution in [-0.2, 0) is 4.79 Å². The summed E-state index contributed by atoms with van der Waals surface area (Å²) >= 11 is 0. The Morgan fingerprint density at radius 1 is 1.47 bits per heavy atom. The fourth-order valence-electron chi connectivity index (χ4n) is 1.33. The smallest absolute Gasteiger partial charge is 0.320 e. The van der Waals surface area contributed by atoms with Crippen LogP contribution < -0.4 is 17.2 Å².